The third-order valence-corrected chi connectivity index (χ3v) is 4.74. The van der Waals surface area contributed by atoms with E-state index in [4.69, 9.17) is 0 Å². The molecule has 0 aromatic heterocycles. The molecule has 0 spiro atoms. The molecule has 3 fully saturated rings. The van der Waals surface area contributed by atoms with E-state index < -0.39 is 5.60 Å². The van der Waals surface area contributed by atoms with Crippen LogP contribution in [0.4, 0.5) is 0 Å². The number of likely N-dealkylation sites (tertiary alicyclic amines) is 2. The van der Waals surface area contributed by atoms with Gasteiger partial charge in [0, 0.05) is 12.5 Å². The predicted molar refractivity (Wildman–Crippen MR) is 73.9 cm³/mol. The summed E-state index contributed by atoms with van der Waals surface area (Å²) in [4.78, 5) is 28.2. The van der Waals surface area contributed by atoms with Crippen molar-refractivity contribution in [3.8, 4) is 0 Å². The molecule has 5 nitrogen and oxygen atoms in total. The molecule has 20 heavy (non-hydrogen) atoms. The van der Waals surface area contributed by atoms with E-state index in [-0.39, 0.29) is 23.8 Å². The van der Waals surface area contributed by atoms with Crippen molar-refractivity contribution in [3.05, 3.63) is 0 Å². The number of nitrogens with zero attached hydrogens (tertiary/aromatic N) is 2. The summed E-state index contributed by atoms with van der Waals surface area (Å²) >= 11 is 0. The second-order valence-corrected chi connectivity index (χ2v) is 6.63. The highest BCUT2D eigenvalue weighted by atomic mass is 16.3. The van der Waals surface area contributed by atoms with Gasteiger partial charge in [-0.15, -0.1) is 0 Å². The lowest BCUT2D eigenvalue weighted by molar-refractivity contribution is -0.163. The molecule has 3 aliphatic rings. The monoisotopic (exact) mass is 280 g/mol. The largest absolute Gasteiger partial charge is 0.386 e. The smallest absolute Gasteiger partial charge is 0.245 e. The van der Waals surface area contributed by atoms with Crippen LogP contribution in [-0.2, 0) is 9.59 Å². The van der Waals surface area contributed by atoms with Crippen LogP contribution in [0.15, 0.2) is 0 Å². The molecule has 112 valence electrons. The fourth-order valence-electron chi connectivity index (χ4n) is 3.51. The van der Waals surface area contributed by atoms with E-state index >= 15 is 0 Å². The Morgan fingerprint density at radius 3 is 2.50 bits per heavy atom. The number of hydrogen-bond acceptors (Lipinski definition) is 3. The first-order valence-corrected chi connectivity index (χ1v) is 7.86. The molecule has 0 aromatic rings. The van der Waals surface area contributed by atoms with Gasteiger partial charge < -0.3 is 14.9 Å². The van der Waals surface area contributed by atoms with Gasteiger partial charge >= 0.3 is 0 Å². The summed E-state index contributed by atoms with van der Waals surface area (Å²) in [5.74, 6) is 0.388. The number of aliphatic hydroxyl groups is 1. The first-order chi connectivity index (χ1) is 9.54. The molecule has 0 radical (unpaired) electrons. The molecule has 2 aliphatic heterocycles. The Kier molecular flexibility index (Phi) is 3.48. The van der Waals surface area contributed by atoms with Gasteiger partial charge in [-0.2, -0.15) is 0 Å². The highest BCUT2D eigenvalue weighted by Crippen LogP contribution is 2.35. The average Bonchev–Trinajstić information content (AvgIpc) is 3.11. The van der Waals surface area contributed by atoms with Gasteiger partial charge in [-0.1, -0.05) is 13.3 Å². The Bertz CT molecular complexity index is 413. The molecule has 2 amide bonds. The van der Waals surface area contributed by atoms with Crippen LogP contribution in [0, 0.1) is 5.92 Å². The first kappa shape index (κ1) is 13.9. The third kappa shape index (κ3) is 2.43. The van der Waals surface area contributed by atoms with E-state index in [0.717, 1.165) is 45.1 Å². The highest BCUT2D eigenvalue weighted by molar-refractivity contribution is 5.90. The van der Waals surface area contributed by atoms with Crippen LogP contribution in [0.25, 0.3) is 0 Å². The molecule has 1 N–H and O–H groups in total. The molecule has 1 aliphatic carbocycles. The number of amides is 2. The van der Waals surface area contributed by atoms with Gasteiger partial charge in [0.15, 0.2) is 0 Å². The van der Waals surface area contributed by atoms with Crippen molar-refractivity contribution >= 4 is 11.8 Å². The maximum absolute atomic E-state index is 12.5. The van der Waals surface area contributed by atoms with Crippen molar-refractivity contribution in [3.63, 3.8) is 0 Å². The molecule has 5 heteroatoms. The van der Waals surface area contributed by atoms with E-state index in [2.05, 4.69) is 0 Å². The van der Waals surface area contributed by atoms with Crippen molar-refractivity contribution in [2.45, 2.75) is 57.1 Å². The summed E-state index contributed by atoms with van der Waals surface area (Å²) in [5, 5.41) is 10.2. The van der Waals surface area contributed by atoms with Crippen molar-refractivity contribution in [1.29, 1.82) is 0 Å². The summed E-state index contributed by atoms with van der Waals surface area (Å²) in [6.07, 6.45) is 5.33. The quantitative estimate of drug-likeness (QED) is 0.827. The molecule has 0 aromatic carbocycles. The van der Waals surface area contributed by atoms with Crippen molar-refractivity contribution in [2.24, 2.45) is 5.92 Å². The molecule has 2 saturated heterocycles. The van der Waals surface area contributed by atoms with E-state index in [1.165, 1.54) is 0 Å². The van der Waals surface area contributed by atoms with Crippen LogP contribution in [0.2, 0.25) is 0 Å². The fraction of sp³-hybridized carbons (Fsp3) is 0.867. The van der Waals surface area contributed by atoms with Crippen LogP contribution >= 0.6 is 0 Å². The number of carbonyl (C=O) groups excluding carboxylic acids is 2. The number of β-amino-alcohol motifs (C(OH)–C–C–N with tert-alkyl or cyclic N) is 1. The van der Waals surface area contributed by atoms with Gasteiger partial charge in [0.2, 0.25) is 11.8 Å². The minimum absolute atomic E-state index is 0.0391. The predicted octanol–water partition coefficient (Wildman–Crippen LogP) is 0.761. The average molecular weight is 280 g/mol. The number of hydrogen-bond donors (Lipinski definition) is 1. The minimum Gasteiger partial charge on any atom is -0.386 e. The SMILES string of the molecule is CCCC1(O)CN(C(=O)C2CCCN2C(=O)C2CC2)C1. The lowest BCUT2D eigenvalue weighted by Crippen LogP contribution is -2.66. The maximum Gasteiger partial charge on any atom is 0.245 e. The molecular formula is C15H24N2O3. The Morgan fingerprint density at radius 1 is 1.20 bits per heavy atom. The van der Waals surface area contributed by atoms with Crippen LogP contribution in [0.3, 0.4) is 0 Å². The van der Waals surface area contributed by atoms with Gasteiger partial charge in [-0.05, 0) is 32.1 Å². The molecule has 1 atom stereocenters. The number of rotatable bonds is 4. The Morgan fingerprint density at radius 2 is 1.90 bits per heavy atom. The third-order valence-electron chi connectivity index (χ3n) is 4.74. The summed E-state index contributed by atoms with van der Waals surface area (Å²) in [6.45, 7) is 3.62. The zero-order valence-electron chi connectivity index (χ0n) is 12.2. The van der Waals surface area contributed by atoms with Gasteiger partial charge in [0.25, 0.3) is 0 Å². The standard InChI is InChI=1S/C15H24N2O3/c1-2-7-15(20)9-16(10-15)14(19)12-4-3-8-17(12)13(18)11-5-6-11/h11-12,20H,2-10H2,1H3. The first-order valence-electron chi connectivity index (χ1n) is 7.86. The molecule has 1 unspecified atom stereocenters. The van der Waals surface area contributed by atoms with Crippen molar-refractivity contribution < 1.29 is 14.7 Å². The second-order valence-electron chi connectivity index (χ2n) is 6.63. The maximum atomic E-state index is 12.5. The molecule has 3 rings (SSSR count). The van der Waals surface area contributed by atoms with Gasteiger partial charge in [0.1, 0.15) is 6.04 Å². The fourth-order valence-corrected chi connectivity index (χ4v) is 3.51. The summed E-state index contributed by atoms with van der Waals surface area (Å²) in [6, 6.07) is -0.269. The second kappa shape index (κ2) is 5.02. The van der Waals surface area contributed by atoms with Crippen LogP contribution < -0.4 is 0 Å². The van der Waals surface area contributed by atoms with Gasteiger partial charge in [-0.3, -0.25) is 9.59 Å². The van der Waals surface area contributed by atoms with Gasteiger partial charge in [-0.25, -0.2) is 0 Å². The zero-order chi connectivity index (χ0) is 14.3. The number of carbonyl (C=O) groups is 2. The molecule has 1 saturated carbocycles. The van der Waals surface area contributed by atoms with Crippen LogP contribution in [0.1, 0.15) is 45.4 Å². The highest BCUT2D eigenvalue weighted by Gasteiger charge is 2.48. The lowest BCUT2D eigenvalue weighted by atomic mass is 9.88. The van der Waals surface area contributed by atoms with Crippen LogP contribution in [0.5, 0.6) is 0 Å². The molecule has 2 heterocycles. The summed E-state index contributed by atoms with van der Waals surface area (Å²) in [7, 11) is 0. The summed E-state index contributed by atoms with van der Waals surface area (Å²) in [5.41, 5.74) is -0.686. The Labute approximate surface area is 119 Å². The van der Waals surface area contributed by atoms with E-state index in [1.54, 1.807) is 9.80 Å². The van der Waals surface area contributed by atoms with E-state index in [9.17, 15) is 14.7 Å². The van der Waals surface area contributed by atoms with Crippen molar-refractivity contribution in [1.82, 2.24) is 9.80 Å². The topological polar surface area (TPSA) is 60.9 Å². The molecule has 0 bridgehead atoms. The Balaban J connectivity index is 1.58. The van der Waals surface area contributed by atoms with Crippen molar-refractivity contribution in [2.75, 3.05) is 19.6 Å². The van der Waals surface area contributed by atoms with E-state index in [1.807, 2.05) is 6.92 Å². The normalized spacial score (nSPS) is 28.4. The zero-order valence-corrected chi connectivity index (χ0v) is 12.2. The molecular weight excluding hydrogens is 256 g/mol. The van der Waals surface area contributed by atoms with E-state index in [0.29, 0.717) is 13.1 Å². The summed E-state index contributed by atoms with van der Waals surface area (Å²) < 4.78 is 0. The minimum atomic E-state index is -0.686. The van der Waals surface area contributed by atoms with Crippen LogP contribution in [-0.4, -0.2) is 58.0 Å². The van der Waals surface area contributed by atoms with Gasteiger partial charge in [0.05, 0.1) is 18.7 Å². The lowest BCUT2D eigenvalue weighted by Gasteiger charge is -2.48. The Hall–Kier alpha value is -1.10.